The zero-order valence-corrected chi connectivity index (χ0v) is 12.3. The van der Waals surface area contributed by atoms with Gasteiger partial charge in [0.05, 0.1) is 11.7 Å². The topological polar surface area (TPSA) is 55.6 Å². The molecule has 2 aromatic heterocycles. The number of rotatable bonds is 5. The van der Waals surface area contributed by atoms with Crippen molar-refractivity contribution in [1.82, 2.24) is 25.1 Å². The van der Waals surface area contributed by atoms with Crippen molar-refractivity contribution in [3.63, 3.8) is 0 Å². The van der Waals surface area contributed by atoms with Crippen molar-refractivity contribution < 1.29 is 0 Å². The lowest BCUT2D eigenvalue weighted by molar-refractivity contribution is 0.551. The number of benzene rings is 1. The maximum absolute atomic E-state index is 4.42. The highest BCUT2D eigenvalue weighted by atomic mass is 15.3. The first kappa shape index (κ1) is 13.7. The van der Waals surface area contributed by atoms with Gasteiger partial charge in [0.2, 0.25) is 0 Å². The van der Waals surface area contributed by atoms with E-state index in [1.54, 1.807) is 4.68 Å². The van der Waals surface area contributed by atoms with Gasteiger partial charge in [0.25, 0.3) is 5.95 Å². The van der Waals surface area contributed by atoms with Gasteiger partial charge >= 0.3 is 0 Å². The van der Waals surface area contributed by atoms with Crippen molar-refractivity contribution in [2.24, 2.45) is 5.92 Å². The molecule has 0 spiro atoms. The largest absolute Gasteiger partial charge is 0.312 e. The Bertz CT molecular complexity index is 715. The van der Waals surface area contributed by atoms with Crippen molar-refractivity contribution in [1.29, 1.82) is 0 Å². The average Bonchev–Trinajstić information content (AvgIpc) is 2.92. The third-order valence-electron chi connectivity index (χ3n) is 3.24. The van der Waals surface area contributed by atoms with Crippen molar-refractivity contribution in [3.8, 4) is 5.95 Å². The van der Waals surface area contributed by atoms with Gasteiger partial charge in [0.15, 0.2) is 0 Å². The first-order chi connectivity index (χ1) is 10.2. The highest BCUT2D eigenvalue weighted by molar-refractivity contribution is 5.79. The standard InChI is InChI=1S/C16H19N5/c1-12(2)7-17-8-13-9-18-16(19-10-13)21-15-6-4-3-5-14(15)11-20-21/h3-6,9-12,17H,7-8H2,1-2H3. The highest BCUT2D eigenvalue weighted by Crippen LogP contribution is 2.15. The van der Waals surface area contributed by atoms with E-state index in [2.05, 4.69) is 34.2 Å². The van der Waals surface area contributed by atoms with E-state index in [0.717, 1.165) is 29.6 Å². The van der Waals surface area contributed by atoms with Crippen LogP contribution in [0.15, 0.2) is 42.9 Å². The Morgan fingerprint density at radius 3 is 2.62 bits per heavy atom. The van der Waals surface area contributed by atoms with Gasteiger partial charge in [-0.05, 0) is 18.5 Å². The molecular formula is C16H19N5. The van der Waals surface area contributed by atoms with E-state index in [9.17, 15) is 0 Å². The van der Waals surface area contributed by atoms with Gasteiger partial charge in [0, 0.05) is 29.9 Å². The van der Waals surface area contributed by atoms with E-state index in [1.165, 1.54) is 0 Å². The summed E-state index contributed by atoms with van der Waals surface area (Å²) in [5, 5.41) is 8.83. The first-order valence-electron chi connectivity index (χ1n) is 7.19. The van der Waals surface area contributed by atoms with Gasteiger partial charge in [0.1, 0.15) is 0 Å². The number of nitrogens with zero attached hydrogens (tertiary/aromatic N) is 4. The molecule has 0 aliphatic carbocycles. The van der Waals surface area contributed by atoms with Crippen LogP contribution in [-0.2, 0) is 6.54 Å². The van der Waals surface area contributed by atoms with E-state index in [1.807, 2.05) is 42.9 Å². The number of fused-ring (bicyclic) bond motifs is 1. The molecule has 0 fully saturated rings. The Morgan fingerprint density at radius 2 is 1.86 bits per heavy atom. The lowest BCUT2D eigenvalue weighted by atomic mass is 10.2. The molecule has 0 bridgehead atoms. The lowest BCUT2D eigenvalue weighted by Gasteiger charge is -2.07. The van der Waals surface area contributed by atoms with Crippen molar-refractivity contribution in [2.75, 3.05) is 6.54 Å². The van der Waals surface area contributed by atoms with Gasteiger partial charge in [-0.1, -0.05) is 32.0 Å². The Morgan fingerprint density at radius 1 is 1.10 bits per heavy atom. The monoisotopic (exact) mass is 281 g/mol. The van der Waals surface area contributed by atoms with Crippen molar-refractivity contribution in [3.05, 3.63) is 48.4 Å². The SMILES string of the molecule is CC(C)CNCc1cnc(-n2ncc3ccccc32)nc1. The van der Waals surface area contributed by atoms with Crippen LogP contribution in [0.1, 0.15) is 19.4 Å². The fourth-order valence-corrected chi connectivity index (χ4v) is 2.18. The molecule has 3 aromatic rings. The zero-order valence-electron chi connectivity index (χ0n) is 12.3. The van der Waals surface area contributed by atoms with Crippen molar-refractivity contribution in [2.45, 2.75) is 20.4 Å². The molecule has 0 radical (unpaired) electrons. The van der Waals surface area contributed by atoms with Crippen LogP contribution in [0.5, 0.6) is 0 Å². The third-order valence-corrected chi connectivity index (χ3v) is 3.24. The summed E-state index contributed by atoms with van der Waals surface area (Å²) in [5.74, 6) is 1.24. The second-order valence-corrected chi connectivity index (χ2v) is 5.53. The van der Waals surface area contributed by atoms with Gasteiger partial charge in [-0.2, -0.15) is 9.78 Å². The molecule has 0 saturated carbocycles. The van der Waals surface area contributed by atoms with Crippen LogP contribution in [0.4, 0.5) is 0 Å². The molecule has 0 atom stereocenters. The Kier molecular flexibility index (Phi) is 3.92. The predicted octanol–water partition coefficient (Wildman–Crippen LogP) is 2.56. The van der Waals surface area contributed by atoms with Crippen LogP contribution in [0.3, 0.4) is 0 Å². The quantitative estimate of drug-likeness (QED) is 0.781. The highest BCUT2D eigenvalue weighted by Gasteiger charge is 2.06. The van der Waals surface area contributed by atoms with Gasteiger partial charge < -0.3 is 5.32 Å². The van der Waals surface area contributed by atoms with E-state index >= 15 is 0 Å². The maximum atomic E-state index is 4.42. The molecule has 108 valence electrons. The van der Waals surface area contributed by atoms with Crippen LogP contribution >= 0.6 is 0 Å². The molecule has 5 nitrogen and oxygen atoms in total. The Balaban J connectivity index is 1.78. The maximum Gasteiger partial charge on any atom is 0.251 e. The summed E-state index contributed by atoms with van der Waals surface area (Å²) in [6.45, 7) is 6.16. The van der Waals surface area contributed by atoms with E-state index in [0.29, 0.717) is 11.9 Å². The second-order valence-electron chi connectivity index (χ2n) is 5.53. The minimum atomic E-state index is 0.601. The normalized spacial score (nSPS) is 11.4. The van der Waals surface area contributed by atoms with E-state index in [-0.39, 0.29) is 0 Å². The van der Waals surface area contributed by atoms with E-state index < -0.39 is 0 Å². The van der Waals surface area contributed by atoms with Crippen LogP contribution in [0.25, 0.3) is 16.9 Å². The molecule has 0 aliphatic rings. The summed E-state index contributed by atoms with van der Waals surface area (Å²) in [6.07, 6.45) is 5.54. The van der Waals surface area contributed by atoms with Gasteiger partial charge in [-0.15, -0.1) is 0 Å². The number of aromatic nitrogens is 4. The minimum Gasteiger partial charge on any atom is -0.312 e. The summed E-state index contributed by atoms with van der Waals surface area (Å²) in [5.41, 5.74) is 2.10. The lowest BCUT2D eigenvalue weighted by Crippen LogP contribution is -2.19. The summed E-state index contributed by atoms with van der Waals surface area (Å²) in [4.78, 5) is 8.84. The first-order valence-corrected chi connectivity index (χ1v) is 7.19. The molecule has 0 unspecified atom stereocenters. The van der Waals surface area contributed by atoms with Crippen LogP contribution in [0.2, 0.25) is 0 Å². The predicted molar refractivity (Wildman–Crippen MR) is 83.2 cm³/mol. The molecule has 21 heavy (non-hydrogen) atoms. The molecule has 0 amide bonds. The minimum absolute atomic E-state index is 0.601. The number of nitrogens with one attached hydrogen (secondary N) is 1. The number of hydrogen-bond donors (Lipinski definition) is 1. The van der Waals surface area contributed by atoms with Gasteiger partial charge in [-0.3, -0.25) is 0 Å². The second kappa shape index (κ2) is 6.01. The fraction of sp³-hybridized carbons (Fsp3) is 0.312. The van der Waals surface area contributed by atoms with E-state index in [4.69, 9.17) is 0 Å². The van der Waals surface area contributed by atoms with Crippen molar-refractivity contribution >= 4 is 10.9 Å². The summed E-state index contributed by atoms with van der Waals surface area (Å²) >= 11 is 0. The summed E-state index contributed by atoms with van der Waals surface area (Å²) in [7, 11) is 0. The Hall–Kier alpha value is -2.27. The fourth-order valence-electron chi connectivity index (χ4n) is 2.18. The van der Waals surface area contributed by atoms with Crippen LogP contribution < -0.4 is 5.32 Å². The van der Waals surface area contributed by atoms with Crippen LogP contribution in [-0.4, -0.2) is 26.3 Å². The average molecular weight is 281 g/mol. The molecule has 3 rings (SSSR count). The number of para-hydroxylation sites is 1. The third kappa shape index (κ3) is 3.08. The molecule has 2 heterocycles. The Labute approximate surface area is 124 Å². The summed E-state index contributed by atoms with van der Waals surface area (Å²) < 4.78 is 1.76. The molecule has 1 aromatic carbocycles. The molecular weight excluding hydrogens is 262 g/mol. The smallest absolute Gasteiger partial charge is 0.251 e. The molecule has 0 aliphatic heterocycles. The molecule has 5 heteroatoms. The van der Waals surface area contributed by atoms with Crippen LogP contribution in [0, 0.1) is 5.92 Å². The summed E-state index contributed by atoms with van der Waals surface area (Å²) in [6, 6.07) is 8.04. The van der Waals surface area contributed by atoms with Gasteiger partial charge in [-0.25, -0.2) is 9.97 Å². The zero-order chi connectivity index (χ0) is 14.7. The molecule has 1 N–H and O–H groups in total. The molecule has 0 saturated heterocycles. The number of hydrogen-bond acceptors (Lipinski definition) is 4.